The van der Waals surface area contributed by atoms with E-state index in [0.717, 1.165) is 6.07 Å². The molecule has 0 spiro atoms. The summed E-state index contributed by atoms with van der Waals surface area (Å²) in [6.07, 6.45) is 0. The molecule has 0 fully saturated rings. The number of ketones is 1. The quantitative estimate of drug-likeness (QED) is 0.632. The second kappa shape index (κ2) is 4.86. The molecular weight excluding hydrogens is 311 g/mol. The van der Waals surface area contributed by atoms with Crippen molar-refractivity contribution >= 4 is 31.6 Å². The summed E-state index contributed by atoms with van der Waals surface area (Å²) in [5.74, 6) is -1.72. The molecule has 0 aromatic heterocycles. The van der Waals surface area contributed by atoms with E-state index in [2.05, 4.69) is 15.9 Å². The SMILES string of the molecule is CCS(=O)(=O)[C@](C)(Br)C(=O)c1ccccc1F. The van der Waals surface area contributed by atoms with Crippen LogP contribution < -0.4 is 0 Å². The van der Waals surface area contributed by atoms with E-state index in [1.807, 2.05) is 0 Å². The zero-order chi connectivity index (χ0) is 13.3. The van der Waals surface area contributed by atoms with Crippen LogP contribution in [0.3, 0.4) is 0 Å². The highest BCUT2D eigenvalue weighted by Gasteiger charge is 2.43. The number of hydrogen-bond donors (Lipinski definition) is 0. The second-order valence-electron chi connectivity index (χ2n) is 3.63. The molecule has 17 heavy (non-hydrogen) atoms. The number of benzene rings is 1. The number of carbonyl (C=O) groups is 1. The molecule has 1 aromatic rings. The van der Waals surface area contributed by atoms with E-state index in [4.69, 9.17) is 0 Å². The van der Waals surface area contributed by atoms with Gasteiger partial charge in [-0.3, -0.25) is 4.79 Å². The van der Waals surface area contributed by atoms with Crippen LogP contribution in [0, 0.1) is 5.82 Å². The Kier molecular flexibility index (Phi) is 4.09. The van der Waals surface area contributed by atoms with E-state index in [9.17, 15) is 17.6 Å². The third-order valence-electron chi connectivity index (χ3n) is 2.49. The highest BCUT2D eigenvalue weighted by Crippen LogP contribution is 2.30. The first kappa shape index (κ1) is 14.3. The van der Waals surface area contributed by atoms with Crippen LogP contribution in [0.1, 0.15) is 24.2 Å². The molecule has 0 aliphatic rings. The molecule has 0 aliphatic carbocycles. The van der Waals surface area contributed by atoms with Crippen LogP contribution in [-0.4, -0.2) is 23.6 Å². The molecule has 0 bridgehead atoms. The van der Waals surface area contributed by atoms with Crippen molar-refractivity contribution in [1.29, 1.82) is 0 Å². The molecule has 0 heterocycles. The summed E-state index contributed by atoms with van der Waals surface area (Å²) in [6, 6.07) is 5.31. The van der Waals surface area contributed by atoms with Crippen molar-refractivity contribution in [2.75, 3.05) is 5.75 Å². The highest BCUT2D eigenvalue weighted by molar-refractivity contribution is 9.12. The Balaban J connectivity index is 3.28. The molecule has 0 radical (unpaired) electrons. The van der Waals surface area contributed by atoms with Gasteiger partial charge in [0.25, 0.3) is 0 Å². The first-order chi connectivity index (χ1) is 7.74. The first-order valence-corrected chi connectivity index (χ1v) is 7.39. The minimum absolute atomic E-state index is 0.199. The Morgan fingerprint density at radius 3 is 2.41 bits per heavy atom. The Morgan fingerprint density at radius 1 is 1.41 bits per heavy atom. The molecule has 3 nitrogen and oxygen atoms in total. The number of Topliss-reactive ketones (excluding diaryl/α,β-unsaturated/α-hetero) is 1. The molecule has 0 saturated heterocycles. The lowest BCUT2D eigenvalue weighted by Gasteiger charge is -2.20. The minimum Gasteiger partial charge on any atom is -0.291 e. The summed E-state index contributed by atoms with van der Waals surface area (Å²) in [5, 5.41) is 0. The summed E-state index contributed by atoms with van der Waals surface area (Å²) in [4.78, 5) is 12.0. The molecule has 1 rings (SSSR count). The predicted molar refractivity (Wildman–Crippen MR) is 67.5 cm³/mol. The topological polar surface area (TPSA) is 51.2 Å². The van der Waals surface area contributed by atoms with Crippen molar-refractivity contribution in [3.05, 3.63) is 35.6 Å². The van der Waals surface area contributed by atoms with Gasteiger partial charge in [-0.2, -0.15) is 0 Å². The standard InChI is InChI=1S/C11H12BrFO3S/c1-3-17(15,16)11(2,12)10(14)8-6-4-5-7-9(8)13/h4-7H,3H2,1-2H3/t11-/m0/s1. The third kappa shape index (κ3) is 2.57. The lowest BCUT2D eigenvalue weighted by molar-refractivity contribution is 0.0979. The minimum atomic E-state index is -3.66. The molecule has 1 atom stereocenters. The number of hydrogen-bond acceptors (Lipinski definition) is 3. The van der Waals surface area contributed by atoms with Crippen molar-refractivity contribution < 1.29 is 17.6 Å². The average molecular weight is 323 g/mol. The summed E-state index contributed by atoms with van der Waals surface area (Å²) < 4.78 is 35.1. The van der Waals surface area contributed by atoms with E-state index >= 15 is 0 Å². The van der Waals surface area contributed by atoms with Gasteiger partial charge in [0, 0.05) is 5.75 Å². The molecule has 94 valence electrons. The lowest BCUT2D eigenvalue weighted by Crippen LogP contribution is -2.39. The lowest BCUT2D eigenvalue weighted by atomic mass is 10.1. The molecular formula is C11H12BrFO3S. The van der Waals surface area contributed by atoms with E-state index in [1.54, 1.807) is 0 Å². The van der Waals surface area contributed by atoms with Crippen LogP contribution in [0.4, 0.5) is 4.39 Å². The molecule has 1 aromatic carbocycles. The van der Waals surface area contributed by atoms with E-state index < -0.39 is 25.1 Å². The van der Waals surface area contributed by atoms with Crippen LogP contribution in [0.25, 0.3) is 0 Å². The fourth-order valence-corrected chi connectivity index (χ4v) is 3.13. The fourth-order valence-electron chi connectivity index (χ4n) is 1.30. The van der Waals surface area contributed by atoms with Crippen LogP contribution in [0.5, 0.6) is 0 Å². The van der Waals surface area contributed by atoms with Gasteiger partial charge in [0.05, 0.1) is 5.56 Å². The van der Waals surface area contributed by atoms with Gasteiger partial charge in [-0.15, -0.1) is 0 Å². The summed E-state index contributed by atoms with van der Waals surface area (Å²) in [5.41, 5.74) is -0.232. The van der Waals surface area contributed by atoms with Crippen LogP contribution in [-0.2, 0) is 9.84 Å². The van der Waals surface area contributed by atoms with Gasteiger partial charge in [0.2, 0.25) is 0 Å². The van der Waals surface area contributed by atoms with Gasteiger partial charge in [-0.05, 0) is 19.1 Å². The van der Waals surface area contributed by atoms with Crippen molar-refractivity contribution in [2.24, 2.45) is 0 Å². The zero-order valence-corrected chi connectivity index (χ0v) is 11.8. The van der Waals surface area contributed by atoms with Crippen molar-refractivity contribution in [3.8, 4) is 0 Å². The van der Waals surface area contributed by atoms with Crippen LogP contribution >= 0.6 is 15.9 Å². The molecule has 0 N–H and O–H groups in total. The van der Waals surface area contributed by atoms with Gasteiger partial charge < -0.3 is 0 Å². The predicted octanol–water partition coefficient (Wildman–Crippen LogP) is 2.55. The summed E-state index contributed by atoms with van der Waals surface area (Å²) >= 11 is 2.90. The maximum atomic E-state index is 13.4. The summed E-state index contributed by atoms with van der Waals surface area (Å²) in [7, 11) is -3.66. The average Bonchev–Trinajstić information content (AvgIpc) is 2.28. The molecule has 0 unspecified atom stereocenters. The van der Waals surface area contributed by atoms with Gasteiger partial charge in [0.1, 0.15) is 5.82 Å². The first-order valence-electron chi connectivity index (χ1n) is 4.94. The number of rotatable bonds is 4. The second-order valence-corrected chi connectivity index (χ2v) is 8.36. The Hall–Kier alpha value is -0.750. The van der Waals surface area contributed by atoms with Gasteiger partial charge in [-0.25, -0.2) is 12.8 Å². The van der Waals surface area contributed by atoms with E-state index in [0.29, 0.717) is 0 Å². The Labute approximate surface area is 108 Å². The van der Waals surface area contributed by atoms with Crippen LogP contribution in [0.2, 0.25) is 0 Å². The van der Waals surface area contributed by atoms with Gasteiger partial charge >= 0.3 is 0 Å². The number of sulfone groups is 1. The van der Waals surface area contributed by atoms with Crippen LogP contribution in [0.15, 0.2) is 24.3 Å². The van der Waals surface area contributed by atoms with Crippen molar-refractivity contribution in [3.63, 3.8) is 0 Å². The zero-order valence-electron chi connectivity index (χ0n) is 9.41. The van der Waals surface area contributed by atoms with Crippen molar-refractivity contribution in [2.45, 2.75) is 17.5 Å². The molecule has 0 saturated carbocycles. The molecule has 0 amide bonds. The molecule has 0 aliphatic heterocycles. The molecule has 6 heteroatoms. The largest absolute Gasteiger partial charge is 0.291 e. The van der Waals surface area contributed by atoms with E-state index in [1.165, 1.54) is 32.0 Å². The Morgan fingerprint density at radius 2 is 1.94 bits per heavy atom. The monoisotopic (exact) mass is 322 g/mol. The number of carbonyl (C=O) groups excluding carboxylic acids is 1. The summed E-state index contributed by atoms with van der Waals surface area (Å²) in [6.45, 7) is 2.66. The maximum Gasteiger partial charge on any atom is 0.197 e. The maximum absolute atomic E-state index is 13.4. The fraction of sp³-hybridized carbons (Fsp3) is 0.364. The van der Waals surface area contributed by atoms with Crippen molar-refractivity contribution in [1.82, 2.24) is 0 Å². The smallest absolute Gasteiger partial charge is 0.197 e. The van der Waals surface area contributed by atoms with E-state index in [-0.39, 0.29) is 11.3 Å². The highest BCUT2D eigenvalue weighted by atomic mass is 79.9. The van der Waals surface area contributed by atoms with Gasteiger partial charge in [-0.1, -0.05) is 35.0 Å². The van der Waals surface area contributed by atoms with Gasteiger partial charge in [0.15, 0.2) is 19.3 Å². The third-order valence-corrected chi connectivity index (χ3v) is 6.44. The number of alkyl halides is 1. The Bertz CT molecular complexity index is 537. The normalized spacial score (nSPS) is 15.3. The number of halogens is 2.